The first-order valence-corrected chi connectivity index (χ1v) is 17.3. The Morgan fingerprint density at radius 1 is 1.00 bits per heavy atom. The number of rotatable bonds is 8. The minimum atomic E-state index is -0.544. The number of likely N-dealkylation sites (tertiary alicyclic amines) is 1. The molecule has 256 valence electrons. The van der Waals surface area contributed by atoms with E-state index in [1.807, 2.05) is 100.0 Å². The number of methoxy groups -OCH3 is 1. The molecule has 6 rings (SSSR count). The van der Waals surface area contributed by atoms with E-state index in [1.165, 1.54) is 18.4 Å². The van der Waals surface area contributed by atoms with Crippen molar-refractivity contribution >= 4 is 46.0 Å². The number of imidazole rings is 1. The summed E-state index contributed by atoms with van der Waals surface area (Å²) in [4.78, 5) is 36.5. The Hall–Kier alpha value is -4.61. The Kier molecular flexibility index (Phi) is 9.85. The molecule has 10 nitrogen and oxygen atoms in total. The van der Waals surface area contributed by atoms with Crippen molar-refractivity contribution < 1.29 is 28.5 Å². The third-order valence-corrected chi connectivity index (χ3v) is 9.71. The summed E-state index contributed by atoms with van der Waals surface area (Å²) in [5.74, 6) is 0.411. The monoisotopic (exact) mass is 702 g/mol. The SMILES string of the molecule is COC(=O)c1sc(-n2cnc3cc(-c4ccc(C)nc4)ccc32)cc1OC(C)c1cccc(OC2CCN(C(=O)OC(C)(C)C)CC2)c1Cl. The highest BCUT2D eigenvalue weighted by molar-refractivity contribution is 7.16. The van der Waals surface area contributed by atoms with Crippen LogP contribution in [0.15, 0.2) is 67.1 Å². The lowest BCUT2D eigenvalue weighted by molar-refractivity contribution is 0.0126. The lowest BCUT2D eigenvalue weighted by Crippen LogP contribution is -2.44. The van der Waals surface area contributed by atoms with Crippen LogP contribution in [0.1, 0.15) is 67.6 Å². The first-order valence-electron chi connectivity index (χ1n) is 16.1. The number of thiophene rings is 1. The molecule has 1 saturated heterocycles. The maximum atomic E-state index is 12.9. The van der Waals surface area contributed by atoms with Gasteiger partial charge in [-0.25, -0.2) is 14.6 Å². The van der Waals surface area contributed by atoms with Gasteiger partial charge < -0.3 is 23.8 Å². The molecule has 1 fully saturated rings. The zero-order chi connectivity index (χ0) is 34.9. The Balaban J connectivity index is 1.18. The Morgan fingerprint density at radius 2 is 1.76 bits per heavy atom. The third kappa shape index (κ3) is 7.68. The van der Waals surface area contributed by atoms with Crippen molar-refractivity contribution in [3.8, 4) is 27.6 Å². The number of nitrogens with zero attached hydrogens (tertiary/aromatic N) is 4. The minimum absolute atomic E-state index is 0.109. The lowest BCUT2D eigenvalue weighted by atomic mass is 10.1. The van der Waals surface area contributed by atoms with Gasteiger partial charge in [0.25, 0.3) is 0 Å². The number of benzene rings is 2. The number of halogens is 1. The number of amides is 1. The number of pyridine rings is 1. The summed E-state index contributed by atoms with van der Waals surface area (Å²) < 4.78 is 25.3. The van der Waals surface area contributed by atoms with Gasteiger partial charge in [0.15, 0.2) is 4.88 Å². The van der Waals surface area contributed by atoms with Crippen LogP contribution in [0.5, 0.6) is 11.5 Å². The average Bonchev–Trinajstić information content (AvgIpc) is 3.69. The fourth-order valence-corrected chi connectivity index (χ4v) is 6.98. The normalized spacial score (nSPS) is 14.5. The van der Waals surface area contributed by atoms with Gasteiger partial charge in [-0.15, -0.1) is 11.3 Å². The zero-order valence-corrected chi connectivity index (χ0v) is 29.9. The summed E-state index contributed by atoms with van der Waals surface area (Å²) in [6.45, 7) is 10.5. The molecular weight excluding hydrogens is 664 g/mol. The molecule has 1 aliphatic rings. The largest absolute Gasteiger partial charge is 0.489 e. The van der Waals surface area contributed by atoms with Crippen LogP contribution in [0.2, 0.25) is 5.02 Å². The molecule has 1 atom stereocenters. The number of aryl methyl sites for hydroxylation is 1. The van der Waals surface area contributed by atoms with E-state index in [2.05, 4.69) is 9.97 Å². The Bertz CT molecular complexity index is 1980. The fourth-order valence-electron chi connectivity index (χ4n) is 5.66. The highest BCUT2D eigenvalue weighted by Crippen LogP contribution is 2.40. The molecule has 0 saturated carbocycles. The predicted molar refractivity (Wildman–Crippen MR) is 190 cm³/mol. The summed E-state index contributed by atoms with van der Waals surface area (Å²) in [6.07, 6.45) is 3.94. The highest BCUT2D eigenvalue weighted by atomic mass is 35.5. The van der Waals surface area contributed by atoms with Gasteiger partial charge in [0.05, 0.1) is 23.2 Å². The summed E-state index contributed by atoms with van der Waals surface area (Å²) >= 11 is 8.15. The molecule has 2 aromatic carbocycles. The van der Waals surface area contributed by atoms with Gasteiger partial charge in [-0.05, 0) is 64.4 Å². The molecule has 4 heterocycles. The van der Waals surface area contributed by atoms with Gasteiger partial charge in [0.2, 0.25) is 0 Å². The molecule has 3 aromatic heterocycles. The van der Waals surface area contributed by atoms with Crippen molar-refractivity contribution in [2.24, 2.45) is 0 Å². The van der Waals surface area contributed by atoms with E-state index in [0.717, 1.165) is 32.9 Å². The van der Waals surface area contributed by atoms with Crippen LogP contribution >= 0.6 is 22.9 Å². The molecule has 5 aromatic rings. The van der Waals surface area contributed by atoms with E-state index in [0.29, 0.717) is 52.9 Å². The summed E-state index contributed by atoms with van der Waals surface area (Å²) in [6, 6.07) is 17.5. The Morgan fingerprint density at radius 3 is 2.45 bits per heavy atom. The van der Waals surface area contributed by atoms with Gasteiger partial charge in [0.1, 0.15) is 40.6 Å². The second-order valence-electron chi connectivity index (χ2n) is 13.0. The van der Waals surface area contributed by atoms with Gasteiger partial charge in [-0.2, -0.15) is 0 Å². The molecule has 0 aliphatic carbocycles. The van der Waals surface area contributed by atoms with Gasteiger partial charge in [-0.3, -0.25) is 9.55 Å². The molecular formula is C37H39ClN4O6S. The third-order valence-electron chi connectivity index (χ3n) is 8.21. The molecule has 12 heteroatoms. The maximum Gasteiger partial charge on any atom is 0.410 e. The van der Waals surface area contributed by atoms with E-state index < -0.39 is 17.7 Å². The molecule has 1 aliphatic heterocycles. The number of ether oxygens (including phenoxy) is 4. The van der Waals surface area contributed by atoms with Gasteiger partial charge in [0, 0.05) is 55.0 Å². The Labute approximate surface area is 294 Å². The molecule has 1 amide bonds. The number of hydrogen-bond donors (Lipinski definition) is 0. The number of fused-ring (bicyclic) bond motifs is 1. The van der Waals surface area contributed by atoms with Crippen LogP contribution in [-0.2, 0) is 9.47 Å². The topological polar surface area (TPSA) is 105 Å². The predicted octanol–water partition coefficient (Wildman–Crippen LogP) is 8.82. The molecule has 49 heavy (non-hydrogen) atoms. The second kappa shape index (κ2) is 14.1. The summed E-state index contributed by atoms with van der Waals surface area (Å²) in [5, 5.41) is 1.18. The minimum Gasteiger partial charge on any atom is -0.489 e. The maximum absolute atomic E-state index is 12.9. The van der Waals surface area contributed by atoms with Crippen LogP contribution in [0.3, 0.4) is 0 Å². The number of aromatic nitrogens is 3. The summed E-state index contributed by atoms with van der Waals surface area (Å²) in [7, 11) is 1.35. The van der Waals surface area contributed by atoms with Crippen LogP contribution in [0.4, 0.5) is 4.79 Å². The molecule has 0 bridgehead atoms. The fraction of sp³-hybridized carbons (Fsp3) is 0.351. The second-order valence-corrected chi connectivity index (χ2v) is 14.4. The van der Waals surface area contributed by atoms with E-state index in [9.17, 15) is 9.59 Å². The van der Waals surface area contributed by atoms with Crippen molar-refractivity contribution in [2.75, 3.05) is 20.2 Å². The smallest absolute Gasteiger partial charge is 0.410 e. The quantitative estimate of drug-likeness (QED) is 0.148. The summed E-state index contributed by atoms with van der Waals surface area (Å²) in [5.41, 5.74) is 4.83. The van der Waals surface area contributed by atoms with E-state index >= 15 is 0 Å². The number of carbonyl (C=O) groups excluding carboxylic acids is 2. The van der Waals surface area contributed by atoms with E-state index in [-0.39, 0.29) is 12.2 Å². The molecule has 0 spiro atoms. The lowest BCUT2D eigenvalue weighted by Gasteiger charge is -2.33. The first-order chi connectivity index (χ1) is 23.4. The van der Waals surface area contributed by atoms with Crippen molar-refractivity contribution in [1.29, 1.82) is 0 Å². The van der Waals surface area contributed by atoms with Crippen LogP contribution in [-0.4, -0.2) is 63.4 Å². The van der Waals surface area contributed by atoms with Crippen molar-refractivity contribution in [3.05, 3.63) is 88.3 Å². The van der Waals surface area contributed by atoms with Crippen LogP contribution in [0, 0.1) is 6.92 Å². The van der Waals surface area contributed by atoms with Crippen LogP contribution < -0.4 is 9.47 Å². The molecule has 1 unspecified atom stereocenters. The highest BCUT2D eigenvalue weighted by Gasteiger charge is 2.29. The van der Waals surface area contributed by atoms with Crippen molar-refractivity contribution in [3.63, 3.8) is 0 Å². The van der Waals surface area contributed by atoms with Gasteiger partial charge in [-0.1, -0.05) is 35.9 Å². The van der Waals surface area contributed by atoms with Crippen molar-refractivity contribution in [1.82, 2.24) is 19.4 Å². The number of hydrogen-bond acceptors (Lipinski definition) is 9. The van der Waals surface area contributed by atoms with E-state index in [4.69, 9.17) is 30.5 Å². The standard InChI is InChI=1S/C37H39ClN4O6S/c1-22-10-11-25(20-39-22)24-12-13-29-28(18-24)40-21-42(29)32-19-31(34(49-32)35(43)45-6)46-23(2)27-8-7-9-30(33(27)38)47-26-14-16-41(17-15-26)36(44)48-37(3,4)5/h7-13,18-21,23,26H,14-17H2,1-6H3. The van der Waals surface area contributed by atoms with Crippen molar-refractivity contribution in [2.45, 2.75) is 65.3 Å². The number of carbonyl (C=O) groups is 2. The average molecular weight is 703 g/mol. The molecule has 0 N–H and O–H groups in total. The van der Waals surface area contributed by atoms with Crippen LogP contribution in [0.25, 0.3) is 27.2 Å². The zero-order valence-electron chi connectivity index (χ0n) is 28.4. The first kappa shape index (κ1) is 34.3. The van der Waals surface area contributed by atoms with E-state index in [1.54, 1.807) is 11.2 Å². The molecule has 0 radical (unpaired) electrons. The number of esters is 1. The number of piperidine rings is 1. The van der Waals surface area contributed by atoms with Gasteiger partial charge >= 0.3 is 12.1 Å².